The largest absolute Gasteiger partial charge is 0.350 e. The molecule has 0 saturated heterocycles. The first-order valence-electron chi connectivity index (χ1n) is 10.6. The predicted molar refractivity (Wildman–Crippen MR) is 117 cm³/mol. The van der Waals surface area contributed by atoms with E-state index in [9.17, 15) is 4.79 Å². The second-order valence-corrected chi connectivity index (χ2v) is 12.5. The van der Waals surface area contributed by atoms with Crippen LogP contribution < -0.4 is 5.32 Å². The van der Waals surface area contributed by atoms with Gasteiger partial charge in [-0.2, -0.15) is 0 Å². The molecule has 0 bridgehead atoms. The van der Waals surface area contributed by atoms with Gasteiger partial charge < -0.3 is 5.32 Å². The fourth-order valence-corrected chi connectivity index (χ4v) is 5.28. The van der Waals surface area contributed by atoms with Gasteiger partial charge in [-0.1, -0.05) is 55.4 Å². The lowest BCUT2D eigenvalue weighted by Crippen LogP contribution is -2.56. The third-order valence-corrected chi connectivity index (χ3v) is 5.42. The standard InChI is InChI=1S/C23H45N3O/c1-20(2,3)16-22(7,8)18-24-12-14-26(18,11)15-13-25-19(27)23(9,10)17-21(4,5)6/h12-17H2,1-11H3/p+1. The number of nitrogens with zero attached hydrogens (tertiary/aromatic N) is 2. The molecule has 1 amide bonds. The molecule has 4 nitrogen and oxygen atoms in total. The van der Waals surface area contributed by atoms with E-state index in [0.717, 1.165) is 37.0 Å². The van der Waals surface area contributed by atoms with E-state index in [1.54, 1.807) is 0 Å². The van der Waals surface area contributed by atoms with Gasteiger partial charge in [-0.15, -0.1) is 0 Å². The Bertz CT molecular complexity index is 561. The molecule has 0 aromatic carbocycles. The molecule has 0 aliphatic carbocycles. The van der Waals surface area contributed by atoms with E-state index in [4.69, 9.17) is 4.99 Å². The van der Waals surface area contributed by atoms with Crippen molar-refractivity contribution in [3.8, 4) is 0 Å². The summed E-state index contributed by atoms with van der Waals surface area (Å²) in [7, 11) is 2.28. The molecule has 0 radical (unpaired) electrons. The zero-order chi connectivity index (χ0) is 21.3. The molecule has 0 saturated carbocycles. The molecule has 1 atom stereocenters. The number of hydrogen-bond acceptors (Lipinski definition) is 2. The van der Waals surface area contributed by atoms with Crippen LogP contribution in [0, 0.1) is 21.7 Å². The van der Waals surface area contributed by atoms with Crippen LogP contribution in [0.5, 0.6) is 0 Å². The van der Waals surface area contributed by atoms with E-state index in [0.29, 0.717) is 6.54 Å². The van der Waals surface area contributed by atoms with Crippen LogP contribution in [0.4, 0.5) is 0 Å². The number of aliphatic imine (C=N–C) groups is 1. The molecule has 0 aromatic rings. The Labute approximate surface area is 168 Å². The number of amidine groups is 1. The topological polar surface area (TPSA) is 41.5 Å². The van der Waals surface area contributed by atoms with Crippen molar-refractivity contribution in [2.24, 2.45) is 26.7 Å². The number of rotatable bonds is 7. The molecule has 1 aliphatic heterocycles. The number of nitrogens with one attached hydrogen (secondary N) is 1. The highest BCUT2D eigenvalue weighted by Gasteiger charge is 2.45. The Balaban J connectivity index is 2.73. The van der Waals surface area contributed by atoms with E-state index in [2.05, 4.69) is 81.6 Å². The Kier molecular flexibility index (Phi) is 7.02. The Morgan fingerprint density at radius 2 is 1.48 bits per heavy atom. The van der Waals surface area contributed by atoms with E-state index < -0.39 is 0 Å². The molecule has 4 heteroatoms. The van der Waals surface area contributed by atoms with Crippen LogP contribution >= 0.6 is 0 Å². The van der Waals surface area contributed by atoms with Gasteiger partial charge in [0.1, 0.15) is 13.1 Å². The van der Waals surface area contributed by atoms with Gasteiger partial charge in [0.05, 0.1) is 25.6 Å². The number of carbonyl (C=O) groups excluding carboxylic acids is 1. The number of likely N-dealkylation sites (N-methyl/N-ethyl adjacent to an activating group) is 1. The van der Waals surface area contributed by atoms with Gasteiger partial charge in [-0.25, -0.2) is 4.99 Å². The summed E-state index contributed by atoms with van der Waals surface area (Å²) in [5, 5.41) is 3.21. The minimum atomic E-state index is -0.343. The Hall–Kier alpha value is -0.900. The first kappa shape index (κ1) is 24.1. The number of quaternary nitrogens is 1. The summed E-state index contributed by atoms with van der Waals surface area (Å²) in [4.78, 5) is 17.7. The van der Waals surface area contributed by atoms with Crippen LogP contribution in [0.25, 0.3) is 0 Å². The number of carbonyl (C=O) groups is 1. The molecule has 1 heterocycles. The molecule has 27 heavy (non-hydrogen) atoms. The lowest BCUT2D eigenvalue weighted by atomic mass is 9.75. The zero-order valence-electron chi connectivity index (χ0n) is 20.0. The number of amides is 1. The first-order chi connectivity index (χ1) is 11.9. The third-order valence-electron chi connectivity index (χ3n) is 5.42. The summed E-state index contributed by atoms with van der Waals surface area (Å²) in [6, 6.07) is 0. The first-order valence-corrected chi connectivity index (χ1v) is 10.6. The van der Waals surface area contributed by atoms with Crippen molar-refractivity contribution in [3.63, 3.8) is 0 Å². The second-order valence-electron chi connectivity index (χ2n) is 12.5. The molecule has 1 unspecified atom stereocenters. The highest BCUT2D eigenvalue weighted by molar-refractivity contribution is 5.83. The predicted octanol–water partition coefficient (Wildman–Crippen LogP) is 4.89. The van der Waals surface area contributed by atoms with Crippen molar-refractivity contribution in [3.05, 3.63) is 0 Å². The normalized spacial score (nSPS) is 22.0. The van der Waals surface area contributed by atoms with Crippen molar-refractivity contribution < 1.29 is 9.28 Å². The Morgan fingerprint density at radius 3 is 1.96 bits per heavy atom. The van der Waals surface area contributed by atoms with Crippen LogP contribution in [-0.2, 0) is 4.79 Å². The van der Waals surface area contributed by atoms with Crippen LogP contribution in [0.15, 0.2) is 4.99 Å². The summed E-state index contributed by atoms with van der Waals surface area (Å²) in [6.07, 6.45) is 1.99. The van der Waals surface area contributed by atoms with Gasteiger partial charge in [0.15, 0.2) is 0 Å². The minimum absolute atomic E-state index is 0.0685. The Morgan fingerprint density at radius 1 is 0.963 bits per heavy atom. The van der Waals surface area contributed by atoms with E-state index in [1.807, 2.05) is 0 Å². The van der Waals surface area contributed by atoms with Gasteiger partial charge in [-0.05, 0) is 37.5 Å². The van der Waals surface area contributed by atoms with Crippen molar-refractivity contribution >= 4 is 11.7 Å². The average molecular weight is 381 g/mol. The van der Waals surface area contributed by atoms with Gasteiger partial charge in [0, 0.05) is 5.41 Å². The highest BCUT2D eigenvalue weighted by atomic mass is 16.2. The van der Waals surface area contributed by atoms with Crippen molar-refractivity contribution in [1.82, 2.24) is 5.32 Å². The second kappa shape index (κ2) is 7.85. The third kappa shape index (κ3) is 7.21. The van der Waals surface area contributed by atoms with Gasteiger partial charge >= 0.3 is 0 Å². The zero-order valence-corrected chi connectivity index (χ0v) is 20.0. The lowest BCUT2D eigenvalue weighted by Gasteiger charge is -2.40. The molecule has 1 aliphatic rings. The molecule has 158 valence electrons. The molecule has 1 N–H and O–H groups in total. The van der Waals surface area contributed by atoms with E-state index >= 15 is 0 Å². The highest BCUT2D eigenvalue weighted by Crippen LogP contribution is 2.38. The molecule has 0 aromatic heterocycles. The fraction of sp³-hybridized carbons (Fsp3) is 0.913. The van der Waals surface area contributed by atoms with Gasteiger partial charge in [-0.3, -0.25) is 9.28 Å². The summed E-state index contributed by atoms with van der Waals surface area (Å²) in [6.45, 7) is 25.8. The summed E-state index contributed by atoms with van der Waals surface area (Å²) in [5.41, 5.74) is 0.138. The van der Waals surface area contributed by atoms with Crippen LogP contribution in [0.1, 0.15) is 82.1 Å². The lowest BCUT2D eigenvalue weighted by molar-refractivity contribution is -0.816. The minimum Gasteiger partial charge on any atom is -0.350 e. The van der Waals surface area contributed by atoms with E-state index in [-0.39, 0.29) is 27.6 Å². The smallest absolute Gasteiger partial charge is 0.225 e. The molecular weight excluding hydrogens is 334 g/mol. The quantitative estimate of drug-likeness (QED) is 0.628. The van der Waals surface area contributed by atoms with Crippen LogP contribution in [-0.4, -0.2) is 49.5 Å². The fourth-order valence-electron chi connectivity index (χ4n) is 5.28. The van der Waals surface area contributed by atoms with Gasteiger partial charge in [0.2, 0.25) is 11.7 Å². The maximum atomic E-state index is 12.7. The molecule has 0 spiro atoms. The van der Waals surface area contributed by atoms with Crippen molar-refractivity contribution in [2.75, 3.05) is 33.2 Å². The summed E-state index contributed by atoms with van der Waals surface area (Å²) in [5.74, 6) is 1.45. The van der Waals surface area contributed by atoms with Crippen LogP contribution in [0.3, 0.4) is 0 Å². The van der Waals surface area contributed by atoms with Crippen molar-refractivity contribution in [1.29, 1.82) is 0 Å². The molecule has 0 fully saturated rings. The maximum Gasteiger partial charge on any atom is 0.225 e. The average Bonchev–Trinajstić information content (AvgIpc) is 2.76. The van der Waals surface area contributed by atoms with Gasteiger partial charge in [0.25, 0.3) is 0 Å². The molecular formula is C23H46N3O+. The number of hydrogen-bond donors (Lipinski definition) is 1. The van der Waals surface area contributed by atoms with E-state index in [1.165, 1.54) is 5.84 Å². The monoisotopic (exact) mass is 380 g/mol. The maximum absolute atomic E-state index is 12.7. The van der Waals surface area contributed by atoms with Crippen LogP contribution in [0.2, 0.25) is 0 Å². The van der Waals surface area contributed by atoms with Crippen molar-refractivity contribution in [2.45, 2.75) is 82.1 Å². The molecule has 1 rings (SSSR count). The SMILES string of the molecule is CC(C)(C)CC(C)(C)C(=O)NCC[N+]1(C)CCN=C1C(C)(C)CC(C)(C)C. The summed E-state index contributed by atoms with van der Waals surface area (Å²) >= 11 is 0. The summed E-state index contributed by atoms with van der Waals surface area (Å²) < 4.78 is 0.850.